The Morgan fingerprint density at radius 3 is 3.20 bits per heavy atom. The predicted octanol–water partition coefficient (Wildman–Crippen LogP) is 1.41. The summed E-state index contributed by atoms with van der Waals surface area (Å²) in [5, 5.41) is 9.47. The highest BCUT2D eigenvalue weighted by Gasteiger charge is 2.12. The number of carbonyl (C=O) groups excluding carboxylic acids is 1. The minimum Gasteiger partial charge on any atom is -0.351 e. The first-order chi connectivity index (χ1) is 7.25. The molecule has 1 amide bonds. The van der Waals surface area contributed by atoms with Gasteiger partial charge in [0.25, 0.3) is 5.91 Å². The molecule has 0 aliphatic heterocycles. The fraction of sp³-hybridized carbons (Fsp3) is 0.500. The summed E-state index contributed by atoms with van der Waals surface area (Å²) < 4.78 is 4.76. The molecule has 0 atom stereocenters. The number of nitrogens with one attached hydrogen (secondary N) is 1. The van der Waals surface area contributed by atoms with E-state index < -0.39 is 0 Å². The van der Waals surface area contributed by atoms with E-state index in [4.69, 9.17) is 10.1 Å². The summed E-state index contributed by atoms with van der Waals surface area (Å²) in [5.74, 6) is -0.0790. The van der Waals surface area contributed by atoms with Crippen molar-refractivity contribution in [1.82, 2.24) is 10.5 Å². The topological polar surface area (TPSA) is 104 Å². The van der Waals surface area contributed by atoms with Gasteiger partial charge in [-0.25, -0.2) is 0 Å². The zero-order valence-corrected chi connectivity index (χ0v) is 8.30. The maximum Gasteiger partial charge on any atom is 0.290 e. The average molecular weight is 209 g/mol. The molecule has 0 spiro atoms. The molecule has 1 aromatic rings. The second-order valence-corrected chi connectivity index (χ2v) is 2.90. The van der Waals surface area contributed by atoms with Crippen LogP contribution < -0.4 is 5.32 Å². The maximum atomic E-state index is 11.4. The van der Waals surface area contributed by atoms with Crippen molar-refractivity contribution in [1.29, 1.82) is 0 Å². The smallest absolute Gasteiger partial charge is 0.290 e. The Bertz CT molecular complexity index is 380. The molecule has 0 bridgehead atoms. The molecule has 1 heterocycles. The lowest BCUT2D eigenvalue weighted by atomic mass is 10.3. The summed E-state index contributed by atoms with van der Waals surface area (Å²) in [4.78, 5) is 14.0. The van der Waals surface area contributed by atoms with Crippen molar-refractivity contribution in [2.45, 2.75) is 13.3 Å². The number of aryl methyl sites for hydroxylation is 1. The van der Waals surface area contributed by atoms with Gasteiger partial charge in [-0.2, -0.15) is 0 Å². The Hall–Kier alpha value is -2.01. The Balaban J connectivity index is 2.31. The fourth-order valence-corrected chi connectivity index (χ4v) is 0.986. The van der Waals surface area contributed by atoms with Crippen LogP contribution in [0.3, 0.4) is 0 Å². The molecule has 1 aromatic heterocycles. The van der Waals surface area contributed by atoms with E-state index in [0.29, 0.717) is 25.1 Å². The summed E-state index contributed by atoms with van der Waals surface area (Å²) in [6.45, 7) is 2.55. The molecule has 0 fully saturated rings. The van der Waals surface area contributed by atoms with Gasteiger partial charge in [0, 0.05) is 23.6 Å². The molecule has 7 nitrogen and oxygen atoms in total. The first-order valence-electron chi connectivity index (χ1n) is 4.46. The quantitative estimate of drug-likeness (QED) is 0.343. The van der Waals surface area contributed by atoms with Gasteiger partial charge in [0.2, 0.25) is 5.76 Å². The molecule has 7 heteroatoms. The summed E-state index contributed by atoms with van der Waals surface area (Å²) in [5.41, 5.74) is 8.71. The monoisotopic (exact) mass is 209 g/mol. The number of azide groups is 1. The molecule has 0 aromatic carbocycles. The Kier molecular flexibility index (Phi) is 4.18. The summed E-state index contributed by atoms with van der Waals surface area (Å²) in [6, 6.07) is 0. The first kappa shape index (κ1) is 11.1. The van der Waals surface area contributed by atoms with Gasteiger partial charge in [-0.05, 0) is 18.9 Å². The summed E-state index contributed by atoms with van der Waals surface area (Å²) in [7, 11) is 0. The van der Waals surface area contributed by atoms with Gasteiger partial charge in [0.1, 0.15) is 0 Å². The molecule has 1 N–H and O–H groups in total. The van der Waals surface area contributed by atoms with Crippen molar-refractivity contribution >= 4 is 5.91 Å². The first-order valence-corrected chi connectivity index (χ1v) is 4.46. The number of rotatable bonds is 5. The number of aromatic nitrogens is 1. The van der Waals surface area contributed by atoms with Gasteiger partial charge in [-0.3, -0.25) is 4.79 Å². The second-order valence-electron chi connectivity index (χ2n) is 2.90. The third kappa shape index (κ3) is 3.32. The van der Waals surface area contributed by atoms with Crippen LogP contribution in [-0.4, -0.2) is 24.2 Å². The number of hydrogen-bond acceptors (Lipinski definition) is 4. The zero-order chi connectivity index (χ0) is 11.1. The number of hydrogen-bond donors (Lipinski definition) is 1. The zero-order valence-electron chi connectivity index (χ0n) is 8.30. The third-order valence-electron chi connectivity index (χ3n) is 1.74. The molecular formula is C8H11N5O2. The van der Waals surface area contributed by atoms with E-state index in [9.17, 15) is 4.79 Å². The lowest BCUT2D eigenvalue weighted by Crippen LogP contribution is -2.25. The van der Waals surface area contributed by atoms with E-state index in [-0.39, 0.29) is 11.7 Å². The highest BCUT2D eigenvalue weighted by Crippen LogP contribution is 2.04. The van der Waals surface area contributed by atoms with Crippen LogP contribution in [0.25, 0.3) is 10.4 Å². The lowest BCUT2D eigenvalue weighted by molar-refractivity contribution is 0.0915. The Labute approximate surface area is 86.1 Å². The molecule has 15 heavy (non-hydrogen) atoms. The highest BCUT2D eigenvalue weighted by atomic mass is 16.5. The van der Waals surface area contributed by atoms with E-state index >= 15 is 0 Å². The minimum atomic E-state index is -0.300. The van der Waals surface area contributed by atoms with Gasteiger partial charge in [0.15, 0.2) is 0 Å². The molecule has 1 rings (SSSR count). The van der Waals surface area contributed by atoms with E-state index in [1.54, 1.807) is 6.92 Å². The normalized spacial score (nSPS) is 9.40. The third-order valence-corrected chi connectivity index (χ3v) is 1.74. The summed E-state index contributed by atoms with van der Waals surface area (Å²) in [6.07, 6.45) is 2.08. The van der Waals surface area contributed by atoms with Crippen molar-refractivity contribution in [3.05, 3.63) is 28.0 Å². The molecule has 0 aliphatic rings. The van der Waals surface area contributed by atoms with Crippen LogP contribution >= 0.6 is 0 Å². The molecule has 0 radical (unpaired) electrons. The predicted molar refractivity (Wildman–Crippen MR) is 52.2 cm³/mol. The Morgan fingerprint density at radius 2 is 2.60 bits per heavy atom. The van der Waals surface area contributed by atoms with Crippen molar-refractivity contribution in [3.63, 3.8) is 0 Å². The van der Waals surface area contributed by atoms with Crippen molar-refractivity contribution < 1.29 is 9.32 Å². The Morgan fingerprint density at radius 1 is 1.80 bits per heavy atom. The second kappa shape index (κ2) is 5.66. The van der Waals surface area contributed by atoms with Crippen LogP contribution in [0.2, 0.25) is 0 Å². The van der Waals surface area contributed by atoms with Gasteiger partial charge in [0.05, 0.1) is 6.20 Å². The lowest BCUT2D eigenvalue weighted by Gasteiger charge is -2.00. The van der Waals surface area contributed by atoms with Crippen molar-refractivity contribution in [2.75, 3.05) is 13.1 Å². The molecule has 0 saturated heterocycles. The average Bonchev–Trinajstić information content (AvgIpc) is 2.64. The summed E-state index contributed by atoms with van der Waals surface area (Å²) >= 11 is 0. The van der Waals surface area contributed by atoms with Crippen LogP contribution in [0.15, 0.2) is 15.8 Å². The highest BCUT2D eigenvalue weighted by molar-refractivity contribution is 5.92. The molecule has 80 valence electrons. The van der Waals surface area contributed by atoms with Gasteiger partial charge in [-0.15, -0.1) is 0 Å². The number of carbonyl (C=O) groups is 1. The van der Waals surface area contributed by atoms with Crippen LogP contribution in [0.5, 0.6) is 0 Å². The number of amides is 1. The molecule has 0 saturated carbocycles. The van der Waals surface area contributed by atoms with Crippen LogP contribution in [0.1, 0.15) is 22.5 Å². The number of nitrogens with zero attached hydrogens (tertiary/aromatic N) is 4. The van der Waals surface area contributed by atoms with Crippen molar-refractivity contribution in [2.24, 2.45) is 5.11 Å². The van der Waals surface area contributed by atoms with E-state index in [2.05, 4.69) is 20.5 Å². The van der Waals surface area contributed by atoms with E-state index in [0.717, 1.165) is 0 Å². The van der Waals surface area contributed by atoms with Crippen LogP contribution in [-0.2, 0) is 0 Å². The van der Waals surface area contributed by atoms with E-state index in [1.807, 2.05) is 0 Å². The standard InChI is InChI=1S/C8H11N5O2/c1-6-5-12-15-7(6)8(14)10-3-2-4-11-13-9/h5H,2-4H2,1H3,(H,10,14). The van der Waals surface area contributed by atoms with Gasteiger partial charge in [-0.1, -0.05) is 10.3 Å². The molecule has 0 unspecified atom stereocenters. The van der Waals surface area contributed by atoms with Crippen molar-refractivity contribution in [3.8, 4) is 0 Å². The minimum absolute atomic E-state index is 0.221. The molecule has 0 aliphatic carbocycles. The largest absolute Gasteiger partial charge is 0.351 e. The van der Waals surface area contributed by atoms with Gasteiger partial charge < -0.3 is 9.84 Å². The van der Waals surface area contributed by atoms with E-state index in [1.165, 1.54) is 6.20 Å². The molecular weight excluding hydrogens is 198 g/mol. The fourth-order valence-electron chi connectivity index (χ4n) is 0.986. The van der Waals surface area contributed by atoms with Crippen LogP contribution in [0, 0.1) is 6.92 Å². The van der Waals surface area contributed by atoms with Crippen LogP contribution in [0.4, 0.5) is 0 Å². The maximum absolute atomic E-state index is 11.4. The van der Waals surface area contributed by atoms with Gasteiger partial charge >= 0.3 is 0 Å². The SMILES string of the molecule is Cc1cnoc1C(=O)NCCCN=[N+]=[N-].